The zero-order chi connectivity index (χ0) is 18.4. The van der Waals surface area contributed by atoms with Gasteiger partial charge in [-0.1, -0.05) is 19.1 Å². The first-order chi connectivity index (χ1) is 12.4. The van der Waals surface area contributed by atoms with E-state index in [2.05, 4.69) is 29.3 Å². The summed E-state index contributed by atoms with van der Waals surface area (Å²) in [5, 5.41) is 22.1. The van der Waals surface area contributed by atoms with Crippen molar-refractivity contribution < 1.29 is 9.90 Å². The Kier molecular flexibility index (Phi) is 4.30. The lowest BCUT2D eigenvalue weighted by Crippen LogP contribution is -2.51. The summed E-state index contributed by atoms with van der Waals surface area (Å²) >= 11 is 0. The fraction of sp³-hybridized carbons (Fsp3) is 0.667. The fourth-order valence-corrected chi connectivity index (χ4v) is 3.46. The molecule has 0 aromatic carbocycles. The van der Waals surface area contributed by atoms with E-state index in [9.17, 15) is 9.90 Å². The van der Waals surface area contributed by atoms with Gasteiger partial charge in [-0.3, -0.25) is 9.48 Å². The summed E-state index contributed by atoms with van der Waals surface area (Å²) < 4.78 is 3.77. The molecule has 0 spiro atoms. The van der Waals surface area contributed by atoms with E-state index < -0.39 is 6.10 Å². The van der Waals surface area contributed by atoms with Crippen molar-refractivity contribution in [1.29, 1.82) is 0 Å². The zero-order valence-corrected chi connectivity index (χ0v) is 15.5. The monoisotopic (exact) mass is 358 g/mol. The van der Waals surface area contributed by atoms with Gasteiger partial charge in [0.1, 0.15) is 5.69 Å². The van der Waals surface area contributed by atoms with Crippen molar-refractivity contribution in [3.05, 3.63) is 29.3 Å². The number of aromatic nitrogens is 5. The van der Waals surface area contributed by atoms with Crippen LogP contribution < -0.4 is 0 Å². The van der Waals surface area contributed by atoms with Crippen molar-refractivity contribution in [3.63, 3.8) is 0 Å². The number of carbonyl (C=O) groups is 1. The molecular weight excluding hydrogens is 332 g/mol. The molecule has 26 heavy (non-hydrogen) atoms. The predicted molar refractivity (Wildman–Crippen MR) is 94.6 cm³/mol. The molecule has 1 amide bonds. The molecule has 1 saturated heterocycles. The quantitative estimate of drug-likeness (QED) is 0.850. The normalized spacial score (nSPS) is 19.0. The van der Waals surface area contributed by atoms with Crippen molar-refractivity contribution in [2.24, 2.45) is 5.92 Å². The molecule has 0 bridgehead atoms. The van der Waals surface area contributed by atoms with E-state index in [1.54, 1.807) is 24.0 Å². The third-order valence-electron chi connectivity index (χ3n) is 5.09. The lowest BCUT2D eigenvalue weighted by molar-refractivity contribution is 0.0496. The molecule has 3 heterocycles. The smallest absolute Gasteiger partial charge is 0.257 e. The lowest BCUT2D eigenvalue weighted by Gasteiger charge is -2.38. The summed E-state index contributed by atoms with van der Waals surface area (Å²) in [6.45, 7) is 8.07. The summed E-state index contributed by atoms with van der Waals surface area (Å²) in [4.78, 5) is 14.8. The summed E-state index contributed by atoms with van der Waals surface area (Å²) in [5.41, 5.74) is 2.43. The van der Waals surface area contributed by atoms with Gasteiger partial charge in [0.05, 0.1) is 35.8 Å². The van der Waals surface area contributed by atoms with Crippen LogP contribution in [0.5, 0.6) is 0 Å². The highest BCUT2D eigenvalue weighted by Crippen LogP contribution is 2.42. The topological polar surface area (TPSA) is 89.1 Å². The number of aliphatic hydroxyl groups is 1. The number of nitrogens with zero attached hydrogens (tertiary/aromatic N) is 6. The SMILES string of the molecule is CC(C)Cn1ncc(C(=O)N2CC(n3cc(C(C)O)nn3)C2)c1C1CC1. The minimum Gasteiger partial charge on any atom is -0.387 e. The van der Waals surface area contributed by atoms with Gasteiger partial charge in [-0.15, -0.1) is 5.10 Å². The first-order valence-corrected chi connectivity index (χ1v) is 9.38. The van der Waals surface area contributed by atoms with E-state index in [1.165, 1.54) is 0 Å². The molecule has 1 N–H and O–H groups in total. The highest BCUT2D eigenvalue weighted by molar-refractivity contribution is 5.96. The Bertz CT molecular complexity index is 798. The Morgan fingerprint density at radius 1 is 1.31 bits per heavy atom. The van der Waals surface area contributed by atoms with Crippen LogP contribution in [0.1, 0.15) is 73.4 Å². The third-order valence-corrected chi connectivity index (χ3v) is 5.09. The first-order valence-electron chi connectivity index (χ1n) is 9.38. The summed E-state index contributed by atoms with van der Waals surface area (Å²) in [6.07, 6.45) is 5.16. The molecular formula is C18H26N6O2. The molecule has 1 unspecified atom stereocenters. The Labute approximate surface area is 152 Å². The van der Waals surface area contributed by atoms with Crippen LogP contribution in [0.4, 0.5) is 0 Å². The van der Waals surface area contributed by atoms with Crippen LogP contribution in [0, 0.1) is 5.92 Å². The molecule has 4 rings (SSSR count). The molecule has 8 heteroatoms. The number of amides is 1. The molecule has 2 aliphatic rings. The standard InChI is InChI=1S/C18H26N6O2/c1-11(2)7-24-17(13-4-5-13)15(6-19-24)18(26)22-8-14(9-22)23-10-16(12(3)25)20-21-23/h6,10-14,25H,4-5,7-9H2,1-3H3. The van der Waals surface area contributed by atoms with E-state index in [0.29, 0.717) is 30.6 Å². The maximum atomic E-state index is 13.0. The van der Waals surface area contributed by atoms with Crippen LogP contribution >= 0.6 is 0 Å². The number of rotatable bonds is 6. The summed E-state index contributed by atoms with van der Waals surface area (Å²) in [5.74, 6) is 1.05. The largest absolute Gasteiger partial charge is 0.387 e. The molecule has 2 aromatic rings. The Morgan fingerprint density at radius 2 is 2.04 bits per heavy atom. The van der Waals surface area contributed by atoms with Crippen LogP contribution in [0.3, 0.4) is 0 Å². The van der Waals surface area contributed by atoms with E-state index in [-0.39, 0.29) is 11.9 Å². The van der Waals surface area contributed by atoms with E-state index in [4.69, 9.17) is 0 Å². The molecule has 2 aromatic heterocycles. The van der Waals surface area contributed by atoms with Crippen molar-refractivity contribution in [2.45, 2.75) is 58.2 Å². The summed E-state index contributed by atoms with van der Waals surface area (Å²) in [7, 11) is 0. The van der Waals surface area contributed by atoms with Gasteiger partial charge in [0.2, 0.25) is 0 Å². The number of likely N-dealkylation sites (tertiary alicyclic amines) is 1. The summed E-state index contributed by atoms with van der Waals surface area (Å²) in [6, 6.07) is 0.119. The zero-order valence-electron chi connectivity index (χ0n) is 15.5. The van der Waals surface area contributed by atoms with Crippen LogP contribution in [-0.4, -0.2) is 53.8 Å². The fourth-order valence-electron chi connectivity index (χ4n) is 3.46. The van der Waals surface area contributed by atoms with Crippen LogP contribution in [0.2, 0.25) is 0 Å². The van der Waals surface area contributed by atoms with Gasteiger partial charge in [-0.05, 0) is 25.7 Å². The second-order valence-electron chi connectivity index (χ2n) is 7.96. The van der Waals surface area contributed by atoms with Gasteiger partial charge in [-0.25, -0.2) is 4.68 Å². The van der Waals surface area contributed by atoms with Gasteiger partial charge >= 0.3 is 0 Å². The Balaban J connectivity index is 1.45. The van der Waals surface area contributed by atoms with Crippen molar-refractivity contribution in [2.75, 3.05) is 13.1 Å². The molecule has 2 fully saturated rings. The molecule has 1 saturated carbocycles. The molecule has 1 aliphatic heterocycles. The van der Waals surface area contributed by atoms with Crippen LogP contribution in [0.25, 0.3) is 0 Å². The molecule has 1 aliphatic carbocycles. The average Bonchev–Trinajstić information content (AvgIpc) is 3.09. The number of hydrogen-bond donors (Lipinski definition) is 1. The Morgan fingerprint density at radius 3 is 2.62 bits per heavy atom. The third kappa shape index (κ3) is 3.13. The second-order valence-corrected chi connectivity index (χ2v) is 7.96. The molecule has 8 nitrogen and oxygen atoms in total. The van der Waals surface area contributed by atoms with Gasteiger partial charge in [0.15, 0.2) is 0 Å². The van der Waals surface area contributed by atoms with E-state index in [1.807, 2.05) is 9.58 Å². The number of hydrogen-bond acceptors (Lipinski definition) is 5. The molecule has 0 radical (unpaired) electrons. The Hall–Kier alpha value is -2.22. The van der Waals surface area contributed by atoms with Gasteiger partial charge in [0, 0.05) is 25.6 Å². The molecule has 140 valence electrons. The highest BCUT2D eigenvalue weighted by atomic mass is 16.3. The first kappa shape index (κ1) is 17.2. The van der Waals surface area contributed by atoms with E-state index >= 15 is 0 Å². The van der Waals surface area contributed by atoms with Crippen molar-refractivity contribution in [3.8, 4) is 0 Å². The number of aliphatic hydroxyl groups excluding tert-OH is 1. The highest BCUT2D eigenvalue weighted by Gasteiger charge is 2.38. The van der Waals surface area contributed by atoms with Gasteiger partial charge in [-0.2, -0.15) is 5.10 Å². The second kappa shape index (κ2) is 6.50. The van der Waals surface area contributed by atoms with E-state index in [0.717, 1.165) is 30.6 Å². The number of carbonyl (C=O) groups excluding carboxylic acids is 1. The lowest BCUT2D eigenvalue weighted by atomic mass is 10.1. The van der Waals surface area contributed by atoms with Crippen LogP contribution in [0.15, 0.2) is 12.4 Å². The van der Waals surface area contributed by atoms with Crippen molar-refractivity contribution >= 4 is 5.91 Å². The van der Waals surface area contributed by atoms with Crippen LogP contribution in [-0.2, 0) is 6.54 Å². The van der Waals surface area contributed by atoms with Gasteiger partial charge < -0.3 is 10.0 Å². The predicted octanol–water partition coefficient (Wildman–Crippen LogP) is 1.76. The van der Waals surface area contributed by atoms with Crippen molar-refractivity contribution in [1.82, 2.24) is 29.7 Å². The minimum absolute atomic E-state index is 0.0639. The maximum absolute atomic E-state index is 13.0. The maximum Gasteiger partial charge on any atom is 0.257 e. The minimum atomic E-state index is -0.630. The average molecular weight is 358 g/mol. The molecule has 1 atom stereocenters. The van der Waals surface area contributed by atoms with Gasteiger partial charge in [0.25, 0.3) is 5.91 Å².